The summed E-state index contributed by atoms with van der Waals surface area (Å²) in [5.74, 6) is 0.319. The molecule has 0 atom stereocenters. The van der Waals surface area contributed by atoms with E-state index in [9.17, 15) is 4.79 Å². The third kappa shape index (κ3) is 3.92. The molecule has 0 amide bonds. The van der Waals surface area contributed by atoms with Gasteiger partial charge in [-0.2, -0.15) is 0 Å². The minimum atomic E-state index is -0.372. The fourth-order valence-corrected chi connectivity index (χ4v) is 2.28. The molecule has 1 heterocycles. The minimum Gasteiger partial charge on any atom is -0.490 e. The molecule has 0 bridgehead atoms. The van der Waals surface area contributed by atoms with Gasteiger partial charge in [-0.15, -0.1) is 0 Å². The van der Waals surface area contributed by atoms with Crippen molar-refractivity contribution in [1.29, 1.82) is 0 Å². The topological polar surface area (TPSA) is 57.7 Å². The van der Waals surface area contributed by atoms with Crippen LogP contribution < -0.4 is 4.74 Å². The quantitative estimate of drug-likeness (QED) is 0.589. The van der Waals surface area contributed by atoms with Gasteiger partial charge in [0.2, 0.25) is 0 Å². The Bertz CT molecular complexity index is 645. The number of methoxy groups -OCH3 is 1. The van der Waals surface area contributed by atoms with Crippen molar-refractivity contribution >= 4 is 32.8 Å². The highest BCUT2D eigenvalue weighted by molar-refractivity contribution is 9.10. The number of carbonyl (C=O) groups excluding carboxylic acids is 1. The van der Waals surface area contributed by atoms with Crippen LogP contribution in [0.25, 0.3) is 10.9 Å². The average Bonchev–Trinajstić information content (AvgIpc) is 2.47. The molecule has 1 aromatic heterocycles. The lowest BCUT2D eigenvalue weighted by molar-refractivity contribution is 0.0526. The highest BCUT2D eigenvalue weighted by atomic mass is 79.9. The van der Waals surface area contributed by atoms with Crippen LogP contribution in [0.2, 0.25) is 0 Å². The van der Waals surface area contributed by atoms with Crippen LogP contribution in [0.5, 0.6) is 5.75 Å². The maximum atomic E-state index is 11.7. The monoisotopic (exact) mass is 353 g/mol. The Morgan fingerprint density at radius 1 is 1.29 bits per heavy atom. The van der Waals surface area contributed by atoms with Gasteiger partial charge in [0.05, 0.1) is 28.8 Å². The lowest BCUT2D eigenvalue weighted by atomic mass is 10.1. The summed E-state index contributed by atoms with van der Waals surface area (Å²) in [7, 11) is 1.62. The van der Waals surface area contributed by atoms with Crippen LogP contribution in [0.3, 0.4) is 0 Å². The van der Waals surface area contributed by atoms with E-state index in [0.29, 0.717) is 31.1 Å². The fraction of sp³-hybridized carbons (Fsp3) is 0.333. The van der Waals surface area contributed by atoms with E-state index in [2.05, 4.69) is 20.9 Å². The maximum Gasteiger partial charge on any atom is 0.339 e. The number of esters is 1. The first-order valence-electron chi connectivity index (χ1n) is 6.54. The van der Waals surface area contributed by atoms with Gasteiger partial charge in [-0.3, -0.25) is 4.98 Å². The van der Waals surface area contributed by atoms with Crippen LogP contribution in [-0.4, -0.2) is 37.9 Å². The molecule has 112 valence electrons. The van der Waals surface area contributed by atoms with E-state index in [1.807, 2.05) is 12.1 Å². The largest absolute Gasteiger partial charge is 0.490 e. The van der Waals surface area contributed by atoms with Crippen molar-refractivity contribution < 1.29 is 19.0 Å². The second kappa shape index (κ2) is 7.38. The average molecular weight is 354 g/mol. The molecule has 0 saturated carbocycles. The van der Waals surface area contributed by atoms with Crippen molar-refractivity contribution in [1.82, 2.24) is 4.98 Å². The molecular formula is C15H16BrNO4. The molecule has 0 N–H and O–H groups in total. The number of hydrogen-bond acceptors (Lipinski definition) is 5. The summed E-state index contributed by atoms with van der Waals surface area (Å²) in [4.78, 5) is 16.0. The van der Waals surface area contributed by atoms with Gasteiger partial charge < -0.3 is 14.2 Å². The maximum absolute atomic E-state index is 11.7. The third-order valence-electron chi connectivity index (χ3n) is 2.79. The summed E-state index contributed by atoms with van der Waals surface area (Å²) in [6.45, 7) is 3.08. The van der Waals surface area contributed by atoms with E-state index < -0.39 is 0 Å². The van der Waals surface area contributed by atoms with Gasteiger partial charge in [-0.25, -0.2) is 4.79 Å². The third-order valence-corrected chi connectivity index (χ3v) is 3.41. The lowest BCUT2D eigenvalue weighted by Gasteiger charge is -2.09. The van der Waals surface area contributed by atoms with Crippen LogP contribution in [-0.2, 0) is 9.47 Å². The molecule has 0 fully saturated rings. The summed E-state index contributed by atoms with van der Waals surface area (Å²) in [5.41, 5.74) is 1.18. The molecule has 1 aromatic carbocycles. The molecular weight excluding hydrogens is 338 g/mol. The van der Waals surface area contributed by atoms with Gasteiger partial charge in [0.15, 0.2) is 0 Å². The fourth-order valence-electron chi connectivity index (χ4n) is 1.80. The van der Waals surface area contributed by atoms with Crippen molar-refractivity contribution in [2.45, 2.75) is 6.92 Å². The molecule has 6 heteroatoms. The SMILES string of the molecule is CCOC(=O)c1cnc2cc(OCCOC)c(Br)cc2c1. The molecule has 21 heavy (non-hydrogen) atoms. The Balaban J connectivity index is 2.28. The first kappa shape index (κ1) is 15.7. The first-order valence-corrected chi connectivity index (χ1v) is 7.33. The molecule has 0 spiro atoms. The van der Waals surface area contributed by atoms with Gasteiger partial charge in [0.25, 0.3) is 0 Å². The van der Waals surface area contributed by atoms with Crippen molar-refractivity contribution in [2.24, 2.45) is 0 Å². The predicted molar refractivity (Wildman–Crippen MR) is 82.8 cm³/mol. The summed E-state index contributed by atoms with van der Waals surface area (Å²) >= 11 is 3.45. The molecule has 0 aliphatic rings. The summed E-state index contributed by atoms with van der Waals surface area (Å²) in [6, 6.07) is 5.45. The highest BCUT2D eigenvalue weighted by Crippen LogP contribution is 2.30. The second-order valence-electron chi connectivity index (χ2n) is 4.26. The molecule has 0 unspecified atom stereocenters. The first-order chi connectivity index (χ1) is 10.2. The van der Waals surface area contributed by atoms with Crippen LogP contribution >= 0.6 is 15.9 Å². The van der Waals surface area contributed by atoms with E-state index in [4.69, 9.17) is 14.2 Å². The van der Waals surface area contributed by atoms with Gasteiger partial charge in [0.1, 0.15) is 12.4 Å². The number of pyridine rings is 1. The van der Waals surface area contributed by atoms with Gasteiger partial charge in [-0.1, -0.05) is 0 Å². The Hall–Kier alpha value is -1.66. The minimum absolute atomic E-state index is 0.340. The van der Waals surface area contributed by atoms with Gasteiger partial charge in [-0.05, 0) is 35.0 Å². The molecule has 0 saturated heterocycles. The smallest absolute Gasteiger partial charge is 0.339 e. The number of hydrogen-bond donors (Lipinski definition) is 0. The van der Waals surface area contributed by atoms with Crippen molar-refractivity contribution in [3.05, 3.63) is 34.4 Å². The van der Waals surface area contributed by atoms with E-state index >= 15 is 0 Å². The zero-order chi connectivity index (χ0) is 15.2. The Kier molecular flexibility index (Phi) is 5.52. The molecule has 0 aliphatic carbocycles. The van der Waals surface area contributed by atoms with E-state index in [-0.39, 0.29) is 5.97 Å². The molecule has 2 rings (SSSR count). The summed E-state index contributed by atoms with van der Waals surface area (Å²) in [6.07, 6.45) is 1.51. The van der Waals surface area contributed by atoms with Crippen LogP contribution in [0.1, 0.15) is 17.3 Å². The van der Waals surface area contributed by atoms with Gasteiger partial charge >= 0.3 is 5.97 Å². The number of rotatable bonds is 6. The Morgan fingerprint density at radius 3 is 2.81 bits per heavy atom. The van der Waals surface area contributed by atoms with Gasteiger partial charge in [0, 0.05) is 24.8 Å². The van der Waals surface area contributed by atoms with E-state index in [1.54, 1.807) is 20.1 Å². The zero-order valence-corrected chi connectivity index (χ0v) is 13.5. The molecule has 0 aliphatic heterocycles. The van der Waals surface area contributed by atoms with Crippen LogP contribution in [0.4, 0.5) is 0 Å². The number of ether oxygens (including phenoxy) is 3. The predicted octanol–water partition coefficient (Wildman–Crippen LogP) is 3.20. The second-order valence-corrected chi connectivity index (χ2v) is 5.12. The molecule has 0 radical (unpaired) electrons. The van der Waals surface area contributed by atoms with E-state index in [0.717, 1.165) is 15.4 Å². The van der Waals surface area contributed by atoms with Crippen molar-refractivity contribution in [3.8, 4) is 5.75 Å². The lowest BCUT2D eigenvalue weighted by Crippen LogP contribution is -2.06. The van der Waals surface area contributed by atoms with Crippen LogP contribution in [0, 0.1) is 0 Å². The van der Waals surface area contributed by atoms with Crippen LogP contribution in [0.15, 0.2) is 28.9 Å². The number of nitrogens with zero attached hydrogens (tertiary/aromatic N) is 1. The number of aromatic nitrogens is 1. The Labute approximate surface area is 131 Å². The highest BCUT2D eigenvalue weighted by Gasteiger charge is 2.10. The number of benzene rings is 1. The standard InChI is InChI=1S/C15H16BrNO4/c1-3-20-15(18)11-6-10-7-12(16)14(21-5-4-19-2)8-13(10)17-9-11/h6-9H,3-5H2,1-2H3. The number of fused-ring (bicyclic) bond motifs is 1. The molecule has 5 nitrogen and oxygen atoms in total. The number of halogens is 1. The van der Waals surface area contributed by atoms with E-state index in [1.165, 1.54) is 6.20 Å². The van der Waals surface area contributed by atoms with Crippen molar-refractivity contribution in [2.75, 3.05) is 26.9 Å². The number of carbonyl (C=O) groups is 1. The summed E-state index contributed by atoms with van der Waals surface area (Å²) in [5, 5.41) is 0.839. The summed E-state index contributed by atoms with van der Waals surface area (Å²) < 4.78 is 16.3. The Morgan fingerprint density at radius 2 is 2.10 bits per heavy atom. The zero-order valence-electron chi connectivity index (χ0n) is 11.9. The molecule has 2 aromatic rings. The van der Waals surface area contributed by atoms with Crippen molar-refractivity contribution in [3.63, 3.8) is 0 Å². The normalized spacial score (nSPS) is 10.6.